The molecule has 0 aliphatic rings. The van der Waals surface area contributed by atoms with Crippen molar-refractivity contribution in [2.24, 2.45) is 0 Å². The van der Waals surface area contributed by atoms with Crippen LogP contribution < -0.4 is 10.6 Å². The molecule has 2 aromatic heterocycles. The van der Waals surface area contributed by atoms with Gasteiger partial charge in [0.05, 0.1) is 19.8 Å². The van der Waals surface area contributed by atoms with Crippen LogP contribution in [0, 0.1) is 0 Å². The summed E-state index contributed by atoms with van der Waals surface area (Å²) in [4.78, 5) is 58.3. The number of aromatic nitrogens is 2. The Balaban J connectivity index is 2.13. The lowest BCUT2D eigenvalue weighted by Gasteiger charge is -2.22. The molecule has 0 aromatic carbocycles. The minimum absolute atomic E-state index is 0.0291. The molecule has 0 spiro atoms. The summed E-state index contributed by atoms with van der Waals surface area (Å²) in [5.41, 5.74) is -0.691. The summed E-state index contributed by atoms with van der Waals surface area (Å²) < 4.78 is 15.5. The molecule has 2 N–H and O–H groups in total. The molecule has 0 saturated heterocycles. The van der Waals surface area contributed by atoms with Gasteiger partial charge in [-0.05, 0) is 33.7 Å². The molecule has 14 heteroatoms. The number of nitrogens with zero attached hydrogens (tertiary/aromatic N) is 2. The highest BCUT2D eigenvalue weighted by atomic mass is 32.1. The highest BCUT2D eigenvalue weighted by Crippen LogP contribution is 2.25. The van der Waals surface area contributed by atoms with Crippen molar-refractivity contribution >= 4 is 54.7 Å². The zero-order valence-electron chi connectivity index (χ0n) is 22.1. The number of rotatable bonds is 11. The van der Waals surface area contributed by atoms with Crippen LogP contribution in [0.5, 0.6) is 0 Å². The molecule has 0 aliphatic heterocycles. The number of hydrogen-bond acceptors (Lipinski definition) is 11. The van der Waals surface area contributed by atoms with Gasteiger partial charge in [0.2, 0.25) is 5.78 Å². The first-order valence-corrected chi connectivity index (χ1v) is 17.2. The van der Waals surface area contributed by atoms with Gasteiger partial charge in [0, 0.05) is 18.8 Å². The Hall–Kier alpha value is -2.84. The standard InChI is InChI=1S/C23H34N4O7S2Si/c1-8-32-20(29)15-13-36-19(26-15)17(27-22(31)34-23(2,3)4)18(28)14-12-35-16(25-14)11-24-21(30)33-9-10-37(5,6)7/h12-13,17H,8-11H2,1-7H3,(H,24,30)(H,27,31). The molecule has 0 fully saturated rings. The summed E-state index contributed by atoms with van der Waals surface area (Å²) >= 11 is 2.20. The number of thiazole rings is 2. The van der Waals surface area contributed by atoms with Gasteiger partial charge in [-0.2, -0.15) is 0 Å². The van der Waals surface area contributed by atoms with Gasteiger partial charge >= 0.3 is 18.2 Å². The van der Waals surface area contributed by atoms with E-state index >= 15 is 0 Å². The van der Waals surface area contributed by atoms with E-state index in [9.17, 15) is 19.2 Å². The zero-order valence-corrected chi connectivity index (χ0v) is 24.8. The van der Waals surface area contributed by atoms with E-state index in [1.54, 1.807) is 27.7 Å². The fourth-order valence-corrected chi connectivity index (χ4v) is 4.96. The second kappa shape index (κ2) is 13.1. The second-order valence-electron chi connectivity index (χ2n) is 10.2. The third kappa shape index (κ3) is 10.6. The Bertz CT molecular complexity index is 1110. The predicted molar refractivity (Wildman–Crippen MR) is 143 cm³/mol. The molecule has 0 radical (unpaired) electrons. The fourth-order valence-electron chi connectivity index (χ4n) is 2.69. The van der Waals surface area contributed by atoms with Crippen LogP contribution in [0.2, 0.25) is 25.7 Å². The number of ether oxygens (including phenoxy) is 3. The van der Waals surface area contributed by atoms with E-state index in [1.165, 1.54) is 22.1 Å². The Kier molecular flexibility index (Phi) is 10.8. The number of alkyl carbamates (subject to hydrolysis) is 2. The molecule has 0 bridgehead atoms. The first-order valence-electron chi connectivity index (χ1n) is 11.7. The van der Waals surface area contributed by atoms with Gasteiger partial charge in [-0.1, -0.05) is 19.6 Å². The van der Waals surface area contributed by atoms with Crippen LogP contribution in [0.25, 0.3) is 0 Å². The highest BCUT2D eigenvalue weighted by Gasteiger charge is 2.31. The van der Waals surface area contributed by atoms with Gasteiger partial charge < -0.3 is 24.8 Å². The van der Waals surface area contributed by atoms with Gasteiger partial charge in [0.1, 0.15) is 27.4 Å². The topological polar surface area (TPSA) is 146 Å². The Morgan fingerprint density at radius 3 is 2.30 bits per heavy atom. The number of ketones is 1. The van der Waals surface area contributed by atoms with Gasteiger partial charge in [-0.15, -0.1) is 22.7 Å². The van der Waals surface area contributed by atoms with Crippen molar-refractivity contribution in [3.63, 3.8) is 0 Å². The van der Waals surface area contributed by atoms with Crippen LogP contribution in [0.15, 0.2) is 10.8 Å². The van der Waals surface area contributed by atoms with E-state index in [0.29, 0.717) is 11.6 Å². The Morgan fingerprint density at radius 1 is 1.00 bits per heavy atom. The fraction of sp³-hybridized carbons (Fsp3) is 0.565. The number of esters is 1. The SMILES string of the molecule is CCOC(=O)c1csc(C(NC(=O)OC(C)(C)C)C(=O)c2csc(CNC(=O)OCC[Si](C)(C)C)n2)n1. The molecule has 0 aliphatic carbocycles. The Labute approximate surface area is 225 Å². The maximum absolute atomic E-state index is 13.4. The quantitative estimate of drug-likeness (QED) is 0.168. The van der Waals surface area contributed by atoms with Crippen LogP contribution in [0.4, 0.5) is 9.59 Å². The van der Waals surface area contributed by atoms with Gasteiger partial charge in [-0.25, -0.2) is 24.4 Å². The van der Waals surface area contributed by atoms with E-state index in [-0.39, 0.29) is 29.5 Å². The maximum Gasteiger partial charge on any atom is 0.408 e. The lowest BCUT2D eigenvalue weighted by Crippen LogP contribution is -2.38. The molecular formula is C23H34N4O7S2Si. The van der Waals surface area contributed by atoms with Crippen LogP contribution >= 0.6 is 22.7 Å². The highest BCUT2D eigenvalue weighted by molar-refractivity contribution is 7.10. The van der Waals surface area contributed by atoms with Crippen LogP contribution in [-0.4, -0.2) is 60.8 Å². The molecule has 2 amide bonds. The van der Waals surface area contributed by atoms with E-state index in [1.807, 2.05) is 0 Å². The lowest BCUT2D eigenvalue weighted by molar-refractivity contribution is 0.0490. The molecule has 1 unspecified atom stereocenters. The molecule has 2 heterocycles. The van der Waals surface area contributed by atoms with Gasteiger partial charge in [-0.3, -0.25) is 4.79 Å². The summed E-state index contributed by atoms with van der Waals surface area (Å²) in [6, 6.07) is -0.380. The van der Waals surface area contributed by atoms with Gasteiger partial charge in [0.15, 0.2) is 5.69 Å². The average molecular weight is 571 g/mol. The number of nitrogens with one attached hydrogen (secondary N) is 2. The third-order valence-electron chi connectivity index (χ3n) is 4.45. The van der Waals surface area contributed by atoms with Crippen LogP contribution in [-0.2, 0) is 20.8 Å². The maximum atomic E-state index is 13.4. The van der Waals surface area contributed by atoms with E-state index < -0.39 is 43.7 Å². The molecule has 37 heavy (non-hydrogen) atoms. The third-order valence-corrected chi connectivity index (χ3v) is 7.91. The summed E-state index contributed by atoms with van der Waals surface area (Å²) in [6.07, 6.45) is -1.38. The first-order chi connectivity index (χ1) is 17.2. The van der Waals surface area contributed by atoms with Crippen molar-refractivity contribution in [3.8, 4) is 0 Å². The molecule has 11 nitrogen and oxygen atoms in total. The lowest BCUT2D eigenvalue weighted by atomic mass is 10.1. The molecule has 2 rings (SSSR count). The molecule has 2 aromatic rings. The average Bonchev–Trinajstić information content (AvgIpc) is 3.44. The second-order valence-corrected chi connectivity index (χ2v) is 17.6. The first kappa shape index (κ1) is 30.4. The van der Waals surface area contributed by atoms with Crippen molar-refractivity contribution in [3.05, 3.63) is 32.2 Å². The van der Waals surface area contributed by atoms with Crippen molar-refractivity contribution < 1.29 is 33.4 Å². The summed E-state index contributed by atoms with van der Waals surface area (Å²) in [7, 11) is -1.32. The van der Waals surface area contributed by atoms with E-state index in [4.69, 9.17) is 14.2 Å². The van der Waals surface area contributed by atoms with E-state index in [0.717, 1.165) is 17.4 Å². The normalized spacial score (nSPS) is 12.4. The summed E-state index contributed by atoms with van der Waals surface area (Å²) in [5, 5.41) is 8.79. The monoisotopic (exact) mass is 570 g/mol. The number of hydrogen-bond donors (Lipinski definition) is 2. The molecular weight excluding hydrogens is 536 g/mol. The number of Topliss-reactive ketones (excluding diaryl/α,β-unsaturated/α-hetero) is 1. The van der Waals surface area contributed by atoms with Crippen molar-refractivity contribution in [1.82, 2.24) is 20.6 Å². The smallest absolute Gasteiger partial charge is 0.408 e. The molecule has 0 saturated carbocycles. The summed E-state index contributed by atoms with van der Waals surface area (Å²) in [5.74, 6) is -1.18. The van der Waals surface area contributed by atoms with Crippen LogP contribution in [0.3, 0.4) is 0 Å². The largest absolute Gasteiger partial charge is 0.461 e. The predicted octanol–water partition coefficient (Wildman–Crippen LogP) is 4.79. The Morgan fingerprint density at radius 2 is 1.68 bits per heavy atom. The van der Waals surface area contributed by atoms with Crippen molar-refractivity contribution in [1.29, 1.82) is 0 Å². The molecule has 204 valence electrons. The summed E-state index contributed by atoms with van der Waals surface area (Å²) in [6.45, 7) is 13.9. The van der Waals surface area contributed by atoms with Gasteiger partial charge in [0.25, 0.3) is 0 Å². The number of amides is 2. The van der Waals surface area contributed by atoms with Crippen LogP contribution in [0.1, 0.15) is 64.7 Å². The minimum atomic E-state index is -1.32. The molecule has 1 atom stereocenters. The van der Waals surface area contributed by atoms with Crippen molar-refractivity contribution in [2.75, 3.05) is 13.2 Å². The minimum Gasteiger partial charge on any atom is -0.461 e. The van der Waals surface area contributed by atoms with Crippen molar-refractivity contribution in [2.45, 2.75) is 71.6 Å². The number of carbonyl (C=O) groups is 4. The number of carbonyl (C=O) groups excluding carboxylic acids is 4. The van der Waals surface area contributed by atoms with E-state index in [2.05, 4.69) is 40.2 Å². The zero-order chi connectivity index (χ0) is 27.8.